The highest BCUT2D eigenvalue weighted by Gasteiger charge is 2.34. The summed E-state index contributed by atoms with van der Waals surface area (Å²) in [6.45, 7) is 5.86. The zero-order chi connectivity index (χ0) is 18.0. The molecule has 4 N–H and O–H groups in total. The molecule has 0 radical (unpaired) electrons. The molecule has 0 unspecified atom stereocenters. The van der Waals surface area contributed by atoms with E-state index in [1.165, 1.54) is 6.07 Å². The molecule has 25 heavy (non-hydrogen) atoms. The summed E-state index contributed by atoms with van der Waals surface area (Å²) in [7, 11) is -3.56. The lowest BCUT2D eigenvalue weighted by molar-refractivity contribution is -0.125. The van der Waals surface area contributed by atoms with Crippen LogP contribution in [0.4, 0.5) is 5.69 Å². The van der Waals surface area contributed by atoms with Crippen LogP contribution in [0.5, 0.6) is 0 Å². The van der Waals surface area contributed by atoms with Gasteiger partial charge in [-0.05, 0) is 50.3 Å². The van der Waals surface area contributed by atoms with E-state index >= 15 is 0 Å². The number of carbonyl (C=O) groups is 1. The Labute approximate surface area is 156 Å². The van der Waals surface area contributed by atoms with Crippen molar-refractivity contribution in [1.82, 2.24) is 4.72 Å². The first-order valence-electron chi connectivity index (χ1n) is 8.42. The first kappa shape index (κ1) is 21.9. The van der Waals surface area contributed by atoms with Crippen molar-refractivity contribution in [3.05, 3.63) is 23.8 Å². The van der Waals surface area contributed by atoms with Gasteiger partial charge in [0.05, 0.1) is 10.3 Å². The standard InChI is InChI=1S/C17H27N3O3S.ClH/c1-4-17(5-2,11-18)16(21)19-14-7-6-12(3)15(10-14)24(22,23)20-13-8-9-13;/h6-7,10,13,20H,4-5,8-9,11,18H2,1-3H3,(H,19,21);1H. The predicted molar refractivity (Wildman–Crippen MR) is 102 cm³/mol. The average Bonchev–Trinajstić information content (AvgIpc) is 3.34. The Balaban J connectivity index is 0.00000312. The first-order chi connectivity index (χ1) is 11.3. The molecule has 1 fully saturated rings. The van der Waals surface area contributed by atoms with Crippen LogP contribution in [0.3, 0.4) is 0 Å². The molecule has 8 heteroatoms. The fraction of sp³-hybridized carbons (Fsp3) is 0.588. The third-order valence-corrected chi connectivity index (χ3v) is 6.52. The second-order valence-electron chi connectivity index (χ2n) is 6.52. The third-order valence-electron chi connectivity index (χ3n) is 4.86. The molecule has 1 amide bonds. The van der Waals surface area contributed by atoms with E-state index < -0.39 is 15.4 Å². The number of amides is 1. The van der Waals surface area contributed by atoms with E-state index in [1.807, 2.05) is 13.8 Å². The van der Waals surface area contributed by atoms with E-state index in [-0.39, 0.29) is 35.8 Å². The van der Waals surface area contributed by atoms with Gasteiger partial charge in [-0.3, -0.25) is 4.79 Å². The zero-order valence-electron chi connectivity index (χ0n) is 15.0. The molecule has 6 nitrogen and oxygen atoms in total. The molecule has 1 aromatic carbocycles. The molecule has 0 aliphatic heterocycles. The lowest BCUT2D eigenvalue weighted by Gasteiger charge is -2.28. The Morgan fingerprint density at radius 1 is 1.28 bits per heavy atom. The van der Waals surface area contributed by atoms with Crippen molar-refractivity contribution in [3.63, 3.8) is 0 Å². The molecule has 1 saturated carbocycles. The minimum atomic E-state index is -3.56. The maximum Gasteiger partial charge on any atom is 0.241 e. The number of halogens is 1. The van der Waals surface area contributed by atoms with E-state index in [2.05, 4.69) is 10.0 Å². The molecule has 142 valence electrons. The zero-order valence-corrected chi connectivity index (χ0v) is 16.6. The van der Waals surface area contributed by atoms with Gasteiger partial charge in [0.15, 0.2) is 0 Å². The fourth-order valence-corrected chi connectivity index (χ4v) is 4.24. The monoisotopic (exact) mass is 389 g/mol. The smallest absolute Gasteiger partial charge is 0.241 e. The number of nitrogens with two attached hydrogens (primary N) is 1. The summed E-state index contributed by atoms with van der Waals surface area (Å²) in [4.78, 5) is 12.8. The van der Waals surface area contributed by atoms with Crippen LogP contribution < -0.4 is 15.8 Å². The minimum Gasteiger partial charge on any atom is -0.329 e. The van der Waals surface area contributed by atoms with E-state index in [9.17, 15) is 13.2 Å². The van der Waals surface area contributed by atoms with E-state index in [4.69, 9.17) is 5.73 Å². The summed E-state index contributed by atoms with van der Waals surface area (Å²) in [5, 5.41) is 2.83. The van der Waals surface area contributed by atoms with Crippen LogP contribution in [0.2, 0.25) is 0 Å². The SMILES string of the molecule is CCC(CC)(CN)C(=O)Nc1ccc(C)c(S(=O)(=O)NC2CC2)c1.Cl. The van der Waals surface area contributed by atoms with Crippen LogP contribution in [0.25, 0.3) is 0 Å². The molecule has 0 spiro atoms. The summed E-state index contributed by atoms with van der Waals surface area (Å²) in [5.74, 6) is -0.169. The molecule has 0 saturated heterocycles. The van der Waals surface area contributed by atoms with Crippen LogP contribution in [-0.4, -0.2) is 26.9 Å². The van der Waals surface area contributed by atoms with Gasteiger partial charge in [0.1, 0.15) is 0 Å². The first-order valence-corrected chi connectivity index (χ1v) is 9.91. The van der Waals surface area contributed by atoms with Crippen molar-refractivity contribution in [1.29, 1.82) is 0 Å². The minimum absolute atomic E-state index is 0. The number of benzene rings is 1. The number of sulfonamides is 1. The van der Waals surface area contributed by atoms with Crippen molar-refractivity contribution in [2.45, 2.75) is 57.4 Å². The summed E-state index contributed by atoms with van der Waals surface area (Å²) < 4.78 is 27.6. The molecule has 1 aromatic rings. The number of aryl methyl sites for hydroxylation is 1. The molecule has 1 aliphatic rings. The van der Waals surface area contributed by atoms with Gasteiger partial charge in [-0.25, -0.2) is 13.1 Å². The van der Waals surface area contributed by atoms with Crippen LogP contribution in [0.15, 0.2) is 23.1 Å². The van der Waals surface area contributed by atoms with Crippen molar-refractivity contribution >= 4 is 34.0 Å². The van der Waals surface area contributed by atoms with Gasteiger partial charge in [0.25, 0.3) is 0 Å². The molecule has 2 rings (SSSR count). The van der Waals surface area contributed by atoms with Gasteiger partial charge in [-0.15, -0.1) is 12.4 Å². The third kappa shape index (κ3) is 4.94. The van der Waals surface area contributed by atoms with E-state index in [1.54, 1.807) is 19.1 Å². The summed E-state index contributed by atoms with van der Waals surface area (Å²) in [6.07, 6.45) is 3.01. The Hall–Kier alpha value is -1.15. The van der Waals surface area contributed by atoms with Gasteiger partial charge < -0.3 is 11.1 Å². The van der Waals surface area contributed by atoms with Crippen LogP contribution in [0.1, 0.15) is 45.1 Å². The molecular formula is C17H28ClN3O3S. The number of carbonyl (C=O) groups excluding carboxylic acids is 1. The lowest BCUT2D eigenvalue weighted by Crippen LogP contribution is -2.41. The number of nitrogens with one attached hydrogen (secondary N) is 2. The van der Waals surface area contributed by atoms with Gasteiger partial charge in [-0.1, -0.05) is 19.9 Å². The summed E-state index contributed by atoms with van der Waals surface area (Å²) in [6, 6.07) is 4.98. The maximum atomic E-state index is 12.6. The average molecular weight is 390 g/mol. The maximum absolute atomic E-state index is 12.6. The largest absolute Gasteiger partial charge is 0.329 e. The van der Waals surface area contributed by atoms with E-state index in [0.29, 0.717) is 24.1 Å². The van der Waals surface area contributed by atoms with Gasteiger partial charge in [-0.2, -0.15) is 0 Å². The number of hydrogen-bond donors (Lipinski definition) is 3. The normalized spacial score (nSPS) is 14.7. The van der Waals surface area contributed by atoms with Gasteiger partial charge >= 0.3 is 0 Å². The lowest BCUT2D eigenvalue weighted by atomic mass is 9.81. The summed E-state index contributed by atoms with van der Waals surface area (Å²) in [5.41, 5.74) is 6.30. The number of hydrogen-bond acceptors (Lipinski definition) is 4. The highest BCUT2D eigenvalue weighted by molar-refractivity contribution is 7.89. The van der Waals surface area contributed by atoms with Crippen LogP contribution in [-0.2, 0) is 14.8 Å². The molecule has 0 aromatic heterocycles. The predicted octanol–water partition coefficient (Wildman–Crippen LogP) is 2.56. The van der Waals surface area contributed by atoms with Crippen molar-refractivity contribution in [2.24, 2.45) is 11.1 Å². The van der Waals surface area contributed by atoms with E-state index in [0.717, 1.165) is 12.8 Å². The molecule has 0 heterocycles. The van der Waals surface area contributed by atoms with Gasteiger partial charge in [0.2, 0.25) is 15.9 Å². The van der Waals surface area contributed by atoms with Gasteiger partial charge in [0, 0.05) is 18.3 Å². The second kappa shape index (κ2) is 8.49. The van der Waals surface area contributed by atoms with Crippen LogP contribution in [0, 0.1) is 12.3 Å². The molecule has 0 bridgehead atoms. The number of rotatable bonds is 8. The summed E-state index contributed by atoms with van der Waals surface area (Å²) >= 11 is 0. The molecule has 0 atom stereocenters. The highest BCUT2D eigenvalue weighted by atomic mass is 35.5. The quantitative estimate of drug-likeness (QED) is 0.635. The second-order valence-corrected chi connectivity index (χ2v) is 8.20. The Bertz CT molecular complexity index is 706. The Morgan fingerprint density at radius 3 is 2.36 bits per heavy atom. The van der Waals surface area contributed by atoms with Crippen LogP contribution >= 0.6 is 12.4 Å². The Kier molecular flexibility index (Phi) is 7.43. The highest BCUT2D eigenvalue weighted by Crippen LogP contribution is 2.29. The van der Waals surface area contributed by atoms with Crippen molar-refractivity contribution in [3.8, 4) is 0 Å². The molecular weight excluding hydrogens is 362 g/mol. The Morgan fingerprint density at radius 2 is 1.88 bits per heavy atom. The van der Waals surface area contributed by atoms with Crippen molar-refractivity contribution < 1.29 is 13.2 Å². The van der Waals surface area contributed by atoms with Crippen molar-refractivity contribution in [2.75, 3.05) is 11.9 Å². The molecule has 1 aliphatic carbocycles. The fourth-order valence-electron chi connectivity index (χ4n) is 2.67. The topological polar surface area (TPSA) is 101 Å². The number of anilines is 1.